The maximum atomic E-state index is 12.6. The lowest BCUT2D eigenvalue weighted by Gasteiger charge is -2.20. The van der Waals surface area contributed by atoms with Gasteiger partial charge in [-0.2, -0.15) is 5.10 Å². The summed E-state index contributed by atoms with van der Waals surface area (Å²) < 4.78 is 12.7. The van der Waals surface area contributed by atoms with Crippen molar-refractivity contribution in [1.29, 1.82) is 0 Å². The topological polar surface area (TPSA) is 82.5 Å². The highest BCUT2D eigenvalue weighted by Gasteiger charge is 2.18. The second kappa shape index (κ2) is 8.59. The summed E-state index contributed by atoms with van der Waals surface area (Å²) in [6, 6.07) is 14.4. The molecule has 0 saturated carbocycles. The van der Waals surface area contributed by atoms with Gasteiger partial charge in [0.2, 0.25) is 5.43 Å². The number of nitrogens with zero attached hydrogens (tertiary/aromatic N) is 2. The van der Waals surface area contributed by atoms with Gasteiger partial charge in [0.15, 0.2) is 17.2 Å². The fourth-order valence-corrected chi connectivity index (χ4v) is 3.54. The Balaban J connectivity index is 1.47. The van der Waals surface area contributed by atoms with Crippen molar-refractivity contribution in [1.82, 2.24) is 15.1 Å². The highest BCUT2D eigenvalue weighted by Crippen LogP contribution is 2.38. The minimum atomic E-state index is -0.520. The molecule has 8 heteroatoms. The standard InChI is InChI=1S/C22H20ClN3O4/c1-14-11-18(27)20(25-26(14)16-5-3-2-4-6-16)22(28)24-8-7-15-12-17(23)21-19(13-15)29-9-10-30-21/h2-6,11-13H,7-10H2,1H3,(H,24,28). The van der Waals surface area contributed by atoms with E-state index in [-0.39, 0.29) is 5.69 Å². The van der Waals surface area contributed by atoms with E-state index in [9.17, 15) is 9.59 Å². The predicted octanol–water partition coefficient (Wildman–Crippen LogP) is 2.94. The number of ether oxygens (including phenoxy) is 2. The zero-order valence-electron chi connectivity index (χ0n) is 16.4. The lowest BCUT2D eigenvalue weighted by atomic mass is 10.1. The number of carbonyl (C=O) groups is 1. The maximum absolute atomic E-state index is 12.6. The van der Waals surface area contributed by atoms with Gasteiger partial charge in [-0.25, -0.2) is 4.68 Å². The molecule has 4 rings (SSSR count). The minimum absolute atomic E-state index is 0.148. The second-order valence-corrected chi connectivity index (χ2v) is 7.26. The number of rotatable bonds is 5. The molecule has 7 nitrogen and oxygen atoms in total. The van der Waals surface area contributed by atoms with Crippen molar-refractivity contribution >= 4 is 17.5 Å². The molecule has 1 N–H and O–H groups in total. The molecule has 1 aliphatic rings. The second-order valence-electron chi connectivity index (χ2n) is 6.85. The summed E-state index contributed by atoms with van der Waals surface area (Å²) in [5.74, 6) is 0.621. The van der Waals surface area contributed by atoms with E-state index >= 15 is 0 Å². The van der Waals surface area contributed by atoms with Gasteiger partial charge in [-0.05, 0) is 43.2 Å². The van der Waals surface area contributed by atoms with Crippen LogP contribution < -0.4 is 20.2 Å². The molecule has 2 heterocycles. The number of amides is 1. The molecule has 154 valence electrons. The van der Waals surface area contributed by atoms with Gasteiger partial charge in [-0.3, -0.25) is 9.59 Å². The Morgan fingerprint density at radius 1 is 1.17 bits per heavy atom. The molecule has 0 unspecified atom stereocenters. The Labute approximate surface area is 178 Å². The summed E-state index contributed by atoms with van der Waals surface area (Å²) in [6.07, 6.45) is 0.515. The summed E-state index contributed by atoms with van der Waals surface area (Å²) in [6.45, 7) is 3.02. The molecule has 1 amide bonds. The molecule has 2 aromatic carbocycles. The van der Waals surface area contributed by atoms with Crippen molar-refractivity contribution in [3.8, 4) is 17.2 Å². The average Bonchev–Trinajstić information content (AvgIpc) is 2.74. The van der Waals surface area contributed by atoms with Gasteiger partial charge in [0.25, 0.3) is 5.91 Å². The van der Waals surface area contributed by atoms with E-state index in [0.29, 0.717) is 48.4 Å². The van der Waals surface area contributed by atoms with Crippen LogP contribution in [-0.2, 0) is 6.42 Å². The molecular weight excluding hydrogens is 406 g/mol. The summed E-state index contributed by atoms with van der Waals surface area (Å²) in [5.41, 5.74) is 1.75. The number of carbonyl (C=O) groups excluding carboxylic acids is 1. The normalized spacial score (nSPS) is 12.5. The monoisotopic (exact) mass is 425 g/mol. The number of aromatic nitrogens is 2. The van der Waals surface area contributed by atoms with E-state index in [4.69, 9.17) is 21.1 Å². The van der Waals surface area contributed by atoms with Gasteiger partial charge < -0.3 is 14.8 Å². The van der Waals surface area contributed by atoms with E-state index in [0.717, 1.165) is 11.3 Å². The first-order valence-corrected chi connectivity index (χ1v) is 9.93. The molecule has 0 fully saturated rings. The number of hydrogen-bond donors (Lipinski definition) is 1. The summed E-state index contributed by atoms with van der Waals surface area (Å²) >= 11 is 6.25. The Hall–Kier alpha value is -3.32. The quantitative estimate of drug-likeness (QED) is 0.679. The molecule has 30 heavy (non-hydrogen) atoms. The number of halogens is 1. The van der Waals surface area contributed by atoms with Crippen LogP contribution in [0.25, 0.3) is 5.69 Å². The Morgan fingerprint density at radius 3 is 2.73 bits per heavy atom. The van der Waals surface area contributed by atoms with Crippen LogP contribution in [0.3, 0.4) is 0 Å². The number of fused-ring (bicyclic) bond motifs is 1. The Bertz CT molecular complexity index is 1150. The van der Waals surface area contributed by atoms with Crippen molar-refractivity contribution in [3.63, 3.8) is 0 Å². The number of para-hydroxylation sites is 1. The number of hydrogen-bond acceptors (Lipinski definition) is 5. The molecule has 1 aromatic heterocycles. The summed E-state index contributed by atoms with van der Waals surface area (Å²) in [5, 5.41) is 7.50. The third-order valence-electron chi connectivity index (χ3n) is 4.68. The molecule has 0 atom stereocenters. The number of benzene rings is 2. The molecule has 0 radical (unpaired) electrons. The van der Waals surface area contributed by atoms with Gasteiger partial charge in [0.05, 0.1) is 10.7 Å². The van der Waals surface area contributed by atoms with Crippen LogP contribution in [0.4, 0.5) is 0 Å². The van der Waals surface area contributed by atoms with Crippen molar-refractivity contribution < 1.29 is 14.3 Å². The molecule has 0 spiro atoms. The van der Waals surface area contributed by atoms with E-state index in [2.05, 4.69) is 10.4 Å². The zero-order valence-corrected chi connectivity index (χ0v) is 17.1. The smallest absolute Gasteiger partial charge is 0.275 e. The lowest BCUT2D eigenvalue weighted by Crippen LogP contribution is -2.33. The molecule has 0 saturated heterocycles. The van der Waals surface area contributed by atoms with Gasteiger partial charge in [-0.15, -0.1) is 0 Å². The van der Waals surface area contributed by atoms with Crippen molar-refractivity contribution in [2.24, 2.45) is 0 Å². The van der Waals surface area contributed by atoms with E-state index in [1.807, 2.05) is 36.4 Å². The third kappa shape index (κ3) is 4.16. The van der Waals surface area contributed by atoms with Gasteiger partial charge in [0, 0.05) is 18.3 Å². The van der Waals surface area contributed by atoms with Crippen LogP contribution in [-0.4, -0.2) is 35.4 Å². The lowest BCUT2D eigenvalue weighted by molar-refractivity contribution is 0.0946. The molecule has 0 aliphatic carbocycles. The van der Waals surface area contributed by atoms with Crippen LogP contribution in [0, 0.1) is 6.92 Å². The zero-order chi connectivity index (χ0) is 21.1. The number of aryl methyl sites for hydroxylation is 1. The summed E-state index contributed by atoms with van der Waals surface area (Å²) in [4.78, 5) is 24.9. The fourth-order valence-electron chi connectivity index (χ4n) is 3.25. The number of nitrogens with one attached hydrogen (secondary N) is 1. The highest BCUT2D eigenvalue weighted by molar-refractivity contribution is 6.32. The van der Waals surface area contributed by atoms with Crippen molar-refractivity contribution in [2.45, 2.75) is 13.3 Å². The Kier molecular flexibility index (Phi) is 5.72. The fraction of sp³-hybridized carbons (Fsp3) is 0.227. The largest absolute Gasteiger partial charge is 0.486 e. The average molecular weight is 426 g/mol. The van der Waals surface area contributed by atoms with Crippen molar-refractivity contribution in [3.05, 3.63) is 80.7 Å². The molecule has 1 aliphatic heterocycles. The predicted molar refractivity (Wildman–Crippen MR) is 113 cm³/mol. The van der Waals surface area contributed by atoms with Crippen molar-refractivity contribution in [2.75, 3.05) is 19.8 Å². The van der Waals surface area contributed by atoms with Crippen LogP contribution in [0.2, 0.25) is 5.02 Å². The SMILES string of the molecule is Cc1cc(=O)c(C(=O)NCCc2cc(Cl)c3c(c2)OCCO3)nn1-c1ccccc1. The van der Waals surface area contributed by atoms with Gasteiger partial charge in [0.1, 0.15) is 13.2 Å². The minimum Gasteiger partial charge on any atom is -0.486 e. The molecule has 0 bridgehead atoms. The van der Waals surface area contributed by atoms with Gasteiger partial charge >= 0.3 is 0 Å². The maximum Gasteiger partial charge on any atom is 0.275 e. The van der Waals surface area contributed by atoms with E-state index < -0.39 is 11.3 Å². The molecule has 3 aromatic rings. The molecular formula is C22H20ClN3O4. The van der Waals surface area contributed by atoms with Crippen LogP contribution in [0.15, 0.2) is 53.3 Å². The van der Waals surface area contributed by atoms with Crippen LogP contribution in [0.1, 0.15) is 21.7 Å². The highest BCUT2D eigenvalue weighted by atomic mass is 35.5. The first-order chi connectivity index (χ1) is 14.5. The first kappa shape index (κ1) is 20.0. The first-order valence-electron chi connectivity index (χ1n) is 9.55. The van der Waals surface area contributed by atoms with E-state index in [1.54, 1.807) is 17.7 Å². The van der Waals surface area contributed by atoms with Crippen LogP contribution >= 0.6 is 11.6 Å². The van der Waals surface area contributed by atoms with Gasteiger partial charge in [-0.1, -0.05) is 29.8 Å². The van der Waals surface area contributed by atoms with E-state index in [1.165, 1.54) is 6.07 Å². The Morgan fingerprint density at radius 2 is 1.93 bits per heavy atom. The summed E-state index contributed by atoms with van der Waals surface area (Å²) in [7, 11) is 0. The van der Waals surface area contributed by atoms with Crippen LogP contribution in [0.5, 0.6) is 11.5 Å². The third-order valence-corrected chi connectivity index (χ3v) is 4.96.